The second-order valence-electron chi connectivity index (χ2n) is 5.14. The van der Waals surface area contributed by atoms with Crippen LogP contribution in [0, 0.1) is 0 Å². The summed E-state index contributed by atoms with van der Waals surface area (Å²) in [6.45, 7) is 0.444. The number of carbonyl (C=O) groups is 1. The van der Waals surface area contributed by atoms with Crippen molar-refractivity contribution in [1.82, 2.24) is 5.43 Å². The second-order valence-corrected chi connectivity index (χ2v) is 5.14. The molecule has 0 bridgehead atoms. The summed E-state index contributed by atoms with van der Waals surface area (Å²) >= 11 is 0. The van der Waals surface area contributed by atoms with Crippen LogP contribution in [0.2, 0.25) is 0 Å². The summed E-state index contributed by atoms with van der Waals surface area (Å²) in [6.07, 6.45) is 6.71. The fourth-order valence-electron chi connectivity index (χ4n) is 2.63. The van der Waals surface area contributed by atoms with E-state index in [1.807, 2.05) is 5.43 Å². The molecule has 0 radical (unpaired) electrons. The van der Waals surface area contributed by atoms with Gasteiger partial charge in [0.1, 0.15) is 6.61 Å². The highest BCUT2D eigenvalue weighted by atomic mass is 16.5. The zero-order chi connectivity index (χ0) is 13.5. The van der Waals surface area contributed by atoms with Gasteiger partial charge in [-0.3, -0.25) is 10.2 Å². The van der Waals surface area contributed by atoms with Gasteiger partial charge in [-0.05, 0) is 29.9 Å². The van der Waals surface area contributed by atoms with Crippen molar-refractivity contribution in [3.63, 3.8) is 0 Å². The molecule has 0 spiro atoms. The first kappa shape index (κ1) is 14.0. The van der Waals surface area contributed by atoms with E-state index in [0.29, 0.717) is 6.61 Å². The SMILES string of the molecule is NNC(=O)COCc1ccc(C2CCCCC2)cc1. The predicted octanol–water partition coefficient (Wildman–Crippen LogP) is 2.24. The predicted molar refractivity (Wildman–Crippen MR) is 74.3 cm³/mol. The number of amides is 1. The lowest BCUT2D eigenvalue weighted by Crippen LogP contribution is -2.33. The Labute approximate surface area is 114 Å². The molecule has 4 nitrogen and oxygen atoms in total. The largest absolute Gasteiger partial charge is 0.367 e. The quantitative estimate of drug-likeness (QED) is 0.486. The third kappa shape index (κ3) is 4.33. The molecule has 1 saturated carbocycles. The number of hydrazine groups is 1. The molecule has 1 amide bonds. The number of nitrogens with one attached hydrogen (secondary N) is 1. The smallest absolute Gasteiger partial charge is 0.259 e. The number of rotatable bonds is 5. The van der Waals surface area contributed by atoms with E-state index in [0.717, 1.165) is 11.5 Å². The normalized spacial score (nSPS) is 16.3. The van der Waals surface area contributed by atoms with E-state index in [1.54, 1.807) is 0 Å². The Hall–Kier alpha value is -1.39. The summed E-state index contributed by atoms with van der Waals surface area (Å²) in [5.74, 6) is 5.40. The molecule has 4 heteroatoms. The highest BCUT2D eigenvalue weighted by Gasteiger charge is 2.14. The lowest BCUT2D eigenvalue weighted by Gasteiger charge is -2.22. The number of hydrogen-bond acceptors (Lipinski definition) is 3. The molecule has 0 heterocycles. The maximum absolute atomic E-state index is 10.9. The minimum atomic E-state index is -0.307. The molecule has 1 aromatic carbocycles. The molecule has 0 saturated heterocycles. The average molecular weight is 262 g/mol. The Morgan fingerprint density at radius 1 is 1.21 bits per heavy atom. The van der Waals surface area contributed by atoms with Crippen LogP contribution in [0.3, 0.4) is 0 Å². The Morgan fingerprint density at radius 2 is 1.89 bits per heavy atom. The summed E-state index contributed by atoms with van der Waals surface area (Å²) in [5.41, 5.74) is 4.56. The molecule has 0 unspecified atom stereocenters. The van der Waals surface area contributed by atoms with Gasteiger partial charge in [-0.2, -0.15) is 0 Å². The van der Waals surface area contributed by atoms with Crippen LogP contribution in [0.15, 0.2) is 24.3 Å². The highest BCUT2D eigenvalue weighted by Crippen LogP contribution is 2.32. The van der Waals surface area contributed by atoms with Gasteiger partial charge >= 0.3 is 0 Å². The third-order valence-corrected chi connectivity index (χ3v) is 3.72. The van der Waals surface area contributed by atoms with Crippen molar-refractivity contribution in [3.05, 3.63) is 35.4 Å². The van der Waals surface area contributed by atoms with Crippen molar-refractivity contribution in [1.29, 1.82) is 0 Å². The first-order valence-electron chi connectivity index (χ1n) is 6.95. The van der Waals surface area contributed by atoms with Crippen molar-refractivity contribution in [2.45, 2.75) is 44.6 Å². The fraction of sp³-hybridized carbons (Fsp3) is 0.533. The van der Waals surface area contributed by atoms with E-state index in [2.05, 4.69) is 24.3 Å². The minimum Gasteiger partial charge on any atom is -0.367 e. The van der Waals surface area contributed by atoms with Crippen LogP contribution in [0.1, 0.15) is 49.1 Å². The number of benzene rings is 1. The van der Waals surface area contributed by atoms with Crippen molar-refractivity contribution in [3.8, 4) is 0 Å². The van der Waals surface area contributed by atoms with Crippen LogP contribution < -0.4 is 11.3 Å². The Bertz CT molecular complexity index is 397. The molecule has 104 valence electrons. The van der Waals surface area contributed by atoms with Crippen LogP contribution in [0.4, 0.5) is 0 Å². The van der Waals surface area contributed by atoms with E-state index in [4.69, 9.17) is 10.6 Å². The zero-order valence-corrected chi connectivity index (χ0v) is 11.2. The molecule has 1 aliphatic rings. The van der Waals surface area contributed by atoms with Gasteiger partial charge in [0, 0.05) is 0 Å². The lowest BCUT2D eigenvalue weighted by molar-refractivity contribution is -0.126. The van der Waals surface area contributed by atoms with E-state index >= 15 is 0 Å². The van der Waals surface area contributed by atoms with Gasteiger partial charge < -0.3 is 4.74 Å². The maximum Gasteiger partial charge on any atom is 0.259 e. The van der Waals surface area contributed by atoms with Crippen molar-refractivity contribution in [2.75, 3.05) is 6.61 Å². The number of carbonyl (C=O) groups excluding carboxylic acids is 1. The van der Waals surface area contributed by atoms with E-state index in [1.165, 1.54) is 37.7 Å². The van der Waals surface area contributed by atoms with Gasteiger partial charge in [-0.15, -0.1) is 0 Å². The van der Waals surface area contributed by atoms with Gasteiger partial charge in [-0.1, -0.05) is 43.5 Å². The summed E-state index contributed by atoms with van der Waals surface area (Å²) in [4.78, 5) is 10.9. The summed E-state index contributed by atoms with van der Waals surface area (Å²) < 4.78 is 5.27. The van der Waals surface area contributed by atoms with E-state index in [9.17, 15) is 4.79 Å². The van der Waals surface area contributed by atoms with Gasteiger partial charge in [-0.25, -0.2) is 5.84 Å². The lowest BCUT2D eigenvalue weighted by atomic mass is 9.84. The first-order chi connectivity index (χ1) is 9.29. The summed E-state index contributed by atoms with van der Waals surface area (Å²) in [6, 6.07) is 8.56. The molecule has 0 aliphatic heterocycles. The molecule has 0 aromatic heterocycles. The first-order valence-corrected chi connectivity index (χ1v) is 6.95. The molecular weight excluding hydrogens is 240 g/mol. The highest BCUT2D eigenvalue weighted by molar-refractivity contribution is 5.76. The number of ether oxygens (including phenoxy) is 1. The van der Waals surface area contributed by atoms with E-state index < -0.39 is 0 Å². The summed E-state index contributed by atoms with van der Waals surface area (Å²) in [7, 11) is 0. The van der Waals surface area contributed by atoms with Crippen molar-refractivity contribution in [2.24, 2.45) is 5.84 Å². The van der Waals surface area contributed by atoms with Crippen LogP contribution >= 0.6 is 0 Å². The standard InChI is InChI=1S/C15H22N2O2/c16-17-15(18)11-19-10-12-6-8-14(9-7-12)13-4-2-1-3-5-13/h6-9,13H,1-5,10-11,16H2,(H,17,18). The van der Waals surface area contributed by atoms with Gasteiger partial charge in [0.25, 0.3) is 5.91 Å². The van der Waals surface area contributed by atoms with Crippen LogP contribution in [-0.4, -0.2) is 12.5 Å². The second kappa shape index (κ2) is 7.26. The van der Waals surface area contributed by atoms with Crippen LogP contribution in [0.5, 0.6) is 0 Å². The zero-order valence-electron chi connectivity index (χ0n) is 11.2. The van der Waals surface area contributed by atoms with Crippen molar-refractivity contribution >= 4 is 5.91 Å². The van der Waals surface area contributed by atoms with Gasteiger partial charge in [0.15, 0.2) is 0 Å². The minimum absolute atomic E-state index is 0.000869. The van der Waals surface area contributed by atoms with Crippen LogP contribution in [0.25, 0.3) is 0 Å². The molecule has 0 atom stereocenters. The van der Waals surface area contributed by atoms with Crippen molar-refractivity contribution < 1.29 is 9.53 Å². The molecule has 1 aromatic rings. The molecule has 2 rings (SSSR count). The van der Waals surface area contributed by atoms with Gasteiger partial charge in [0.2, 0.25) is 0 Å². The molecule has 3 N–H and O–H groups in total. The molecular formula is C15H22N2O2. The average Bonchev–Trinajstić information content (AvgIpc) is 2.48. The van der Waals surface area contributed by atoms with E-state index in [-0.39, 0.29) is 12.5 Å². The van der Waals surface area contributed by atoms with Crippen LogP contribution in [-0.2, 0) is 16.1 Å². The molecule has 1 fully saturated rings. The Morgan fingerprint density at radius 3 is 2.53 bits per heavy atom. The fourth-order valence-corrected chi connectivity index (χ4v) is 2.63. The Balaban J connectivity index is 1.82. The number of nitrogens with two attached hydrogens (primary N) is 1. The Kier molecular flexibility index (Phi) is 5.36. The molecule has 1 aliphatic carbocycles. The topological polar surface area (TPSA) is 64.3 Å². The monoisotopic (exact) mass is 262 g/mol. The maximum atomic E-state index is 10.9. The van der Waals surface area contributed by atoms with Gasteiger partial charge in [0.05, 0.1) is 6.61 Å². The third-order valence-electron chi connectivity index (χ3n) is 3.72. The molecule has 19 heavy (non-hydrogen) atoms. The number of hydrogen-bond donors (Lipinski definition) is 2. The summed E-state index contributed by atoms with van der Waals surface area (Å²) in [5, 5.41) is 0.